The quantitative estimate of drug-likeness (QED) is 0.0640. The number of hydrogen-bond acceptors (Lipinski definition) is 12. The summed E-state index contributed by atoms with van der Waals surface area (Å²) in [6, 6.07) is 22.7. The molecule has 1 aliphatic rings. The number of phosphoric acid groups is 1. The first kappa shape index (κ1) is 42.8. The molecule has 0 spiro atoms. The van der Waals surface area contributed by atoms with E-state index in [1.54, 1.807) is 49.7 Å². The number of rotatable bonds is 18. The van der Waals surface area contributed by atoms with Crippen LogP contribution in [-0.4, -0.2) is 65.0 Å². The molecule has 0 unspecified atom stereocenters. The Kier molecular flexibility index (Phi) is 13.6. The predicted octanol–water partition coefficient (Wildman–Crippen LogP) is 10.4. The molecule has 58 heavy (non-hydrogen) atoms. The number of anilines is 4. The largest absolute Gasteiger partial charge is 0.493 e. The van der Waals surface area contributed by atoms with Crippen molar-refractivity contribution < 1.29 is 32.4 Å². The molecular weight excluding hydrogens is 779 g/mol. The van der Waals surface area contributed by atoms with Crippen LogP contribution < -0.4 is 25.0 Å². The highest BCUT2D eigenvalue weighted by Crippen LogP contribution is 2.55. The second-order valence-electron chi connectivity index (χ2n) is 16.0. The molecule has 2 aromatic heterocycles. The summed E-state index contributed by atoms with van der Waals surface area (Å²) in [5, 5.41) is 7.28. The molecule has 13 nitrogen and oxygen atoms in total. The molecular formula is C43H52ClN6O7P. The molecule has 1 fully saturated rings. The summed E-state index contributed by atoms with van der Waals surface area (Å²) >= 11 is 6.03. The summed E-state index contributed by atoms with van der Waals surface area (Å²) in [5.41, 5.74) is 2.69. The Morgan fingerprint density at radius 3 is 2.33 bits per heavy atom. The molecule has 1 saturated carbocycles. The smallest absolute Gasteiger partial charge is 0.475 e. The van der Waals surface area contributed by atoms with E-state index >= 15 is 0 Å². The molecule has 0 aliphatic heterocycles. The Morgan fingerprint density at radius 2 is 1.66 bits per heavy atom. The minimum absolute atomic E-state index is 0.189. The highest BCUT2D eigenvalue weighted by atomic mass is 35.5. The molecule has 0 radical (unpaired) electrons. The van der Waals surface area contributed by atoms with Crippen molar-refractivity contribution in [1.29, 1.82) is 0 Å². The number of benzene rings is 3. The zero-order chi connectivity index (χ0) is 41.5. The molecule has 308 valence electrons. The van der Waals surface area contributed by atoms with Gasteiger partial charge in [0.25, 0.3) is 5.91 Å². The number of fused-ring (bicyclic) bond motifs is 1. The lowest BCUT2D eigenvalue weighted by Gasteiger charge is -2.32. The maximum absolute atomic E-state index is 13.7. The third-order valence-electron chi connectivity index (χ3n) is 8.76. The first-order valence-electron chi connectivity index (χ1n) is 19.3. The number of carbonyl (C=O) groups excluding carboxylic acids is 1. The van der Waals surface area contributed by atoms with Crippen LogP contribution in [0.3, 0.4) is 0 Å². The molecule has 1 aliphatic carbocycles. The summed E-state index contributed by atoms with van der Waals surface area (Å²) in [4.78, 5) is 28.3. The molecule has 3 aromatic carbocycles. The fraction of sp³-hybridized carbons (Fsp3) is 0.395. The standard InChI is InChI=1S/C43H52ClN6O7P/c1-42(2,3)56-58(52,57-43(4,5)6)55-23-21-50(33-18-19-33)36-16-9-8-12-29(36)14-11-22-54-38-26-35-34(25-37(38)53-7)40(47-28-46-35)48-32-17-20-39(45-27-32)49-41(51)30-13-10-15-31(44)24-30/h8-10,12-13,15-17,20,24-28,33H,11,14,18-19,21-23H2,1-7H3,(H,45,49,51)(H,46,47,48). The van der Waals surface area contributed by atoms with E-state index in [-0.39, 0.29) is 12.5 Å². The van der Waals surface area contributed by atoms with Crippen molar-refractivity contribution in [1.82, 2.24) is 15.0 Å². The first-order valence-corrected chi connectivity index (χ1v) is 21.2. The highest BCUT2D eigenvalue weighted by molar-refractivity contribution is 7.48. The maximum Gasteiger partial charge on any atom is 0.475 e. The van der Waals surface area contributed by atoms with Crippen molar-refractivity contribution >= 4 is 59.2 Å². The van der Waals surface area contributed by atoms with Gasteiger partial charge in [-0.05, 0) is 115 Å². The zero-order valence-electron chi connectivity index (χ0n) is 34.1. The van der Waals surface area contributed by atoms with Crippen LogP contribution in [0.5, 0.6) is 11.5 Å². The van der Waals surface area contributed by atoms with Crippen LogP contribution in [0.15, 0.2) is 85.3 Å². The minimum Gasteiger partial charge on any atom is -0.493 e. The summed E-state index contributed by atoms with van der Waals surface area (Å²) in [7, 11) is -2.22. The zero-order valence-corrected chi connectivity index (χ0v) is 35.7. The second kappa shape index (κ2) is 18.4. The highest BCUT2D eigenvalue weighted by Gasteiger charge is 2.38. The molecule has 0 atom stereocenters. The van der Waals surface area contributed by atoms with Gasteiger partial charge < -0.3 is 25.0 Å². The molecule has 15 heteroatoms. The van der Waals surface area contributed by atoms with Gasteiger partial charge in [0.05, 0.1) is 48.9 Å². The minimum atomic E-state index is -3.82. The van der Waals surface area contributed by atoms with Crippen LogP contribution in [0.4, 0.5) is 23.0 Å². The van der Waals surface area contributed by atoms with E-state index in [1.807, 2.05) is 65.8 Å². The average Bonchev–Trinajstić information content (AvgIpc) is 4.00. The Balaban J connectivity index is 1.07. The predicted molar refractivity (Wildman–Crippen MR) is 229 cm³/mol. The van der Waals surface area contributed by atoms with Gasteiger partial charge in [-0.25, -0.2) is 19.5 Å². The van der Waals surface area contributed by atoms with Crippen molar-refractivity contribution in [3.63, 3.8) is 0 Å². The molecule has 2 N–H and O–H groups in total. The molecule has 0 saturated heterocycles. The molecule has 0 bridgehead atoms. The van der Waals surface area contributed by atoms with Gasteiger partial charge in [-0.1, -0.05) is 35.9 Å². The van der Waals surface area contributed by atoms with Gasteiger partial charge in [-0.3, -0.25) is 18.4 Å². The summed E-state index contributed by atoms with van der Waals surface area (Å²) < 4.78 is 43.3. The molecule has 1 amide bonds. The van der Waals surface area contributed by atoms with Gasteiger partial charge in [-0.2, -0.15) is 0 Å². The number of hydrogen-bond donors (Lipinski definition) is 2. The van der Waals surface area contributed by atoms with Gasteiger partial charge in [0.15, 0.2) is 11.5 Å². The third kappa shape index (κ3) is 12.1. The maximum atomic E-state index is 13.7. The number of para-hydroxylation sites is 1. The number of nitrogens with zero attached hydrogens (tertiary/aromatic N) is 4. The van der Waals surface area contributed by atoms with E-state index in [0.717, 1.165) is 36.8 Å². The summed E-state index contributed by atoms with van der Waals surface area (Å²) in [6.45, 7) is 12.2. The van der Waals surface area contributed by atoms with Gasteiger partial charge in [0.2, 0.25) is 0 Å². The topological polar surface area (TPSA) is 146 Å². The fourth-order valence-corrected chi connectivity index (χ4v) is 8.24. The van der Waals surface area contributed by atoms with Gasteiger partial charge in [0.1, 0.15) is 18.0 Å². The summed E-state index contributed by atoms with van der Waals surface area (Å²) in [6.07, 6.45) is 6.79. The van der Waals surface area contributed by atoms with Crippen LogP contribution in [0, 0.1) is 0 Å². The van der Waals surface area contributed by atoms with Gasteiger partial charge in [0, 0.05) is 40.3 Å². The van der Waals surface area contributed by atoms with Crippen LogP contribution in [0.2, 0.25) is 5.02 Å². The van der Waals surface area contributed by atoms with E-state index in [4.69, 9.17) is 34.6 Å². The van der Waals surface area contributed by atoms with Gasteiger partial charge in [-0.15, -0.1) is 0 Å². The third-order valence-corrected chi connectivity index (χ3v) is 11.0. The normalized spacial score (nSPS) is 13.3. The fourth-order valence-electron chi connectivity index (χ4n) is 6.26. The number of phosphoric ester groups is 1. The number of methoxy groups -OCH3 is 1. The SMILES string of the molecule is COc1cc2c(Nc3ccc(NC(=O)c4cccc(Cl)c4)nc3)ncnc2cc1OCCCc1ccccc1N(CCOP(=O)(OC(C)(C)C)OC(C)(C)C)C1CC1. The van der Waals surface area contributed by atoms with Crippen LogP contribution in [0.25, 0.3) is 10.9 Å². The van der Waals surface area contributed by atoms with Crippen LogP contribution in [0.1, 0.15) is 76.7 Å². The van der Waals surface area contributed by atoms with Crippen LogP contribution >= 0.6 is 19.4 Å². The number of carbonyl (C=O) groups is 1. The average molecular weight is 831 g/mol. The lowest BCUT2D eigenvalue weighted by atomic mass is 10.1. The number of ether oxygens (including phenoxy) is 2. The lowest BCUT2D eigenvalue weighted by Crippen LogP contribution is -2.31. The molecule has 2 heterocycles. The van der Waals surface area contributed by atoms with E-state index in [0.29, 0.717) is 64.1 Å². The first-order chi connectivity index (χ1) is 27.6. The molecule has 6 rings (SSSR count). The monoisotopic (exact) mass is 830 g/mol. The Hall–Kier alpha value is -4.78. The van der Waals surface area contributed by atoms with Crippen molar-refractivity contribution in [2.24, 2.45) is 0 Å². The Labute approximate surface area is 345 Å². The van der Waals surface area contributed by atoms with E-state index in [9.17, 15) is 9.36 Å². The van der Waals surface area contributed by atoms with Crippen molar-refractivity contribution in [3.8, 4) is 11.5 Å². The van der Waals surface area contributed by atoms with E-state index in [2.05, 4.69) is 42.6 Å². The lowest BCUT2D eigenvalue weighted by molar-refractivity contribution is 0.00415. The Bertz CT molecular complexity index is 2220. The number of halogens is 1. The molecule has 5 aromatic rings. The van der Waals surface area contributed by atoms with E-state index < -0.39 is 19.0 Å². The van der Waals surface area contributed by atoms with Crippen molar-refractivity contribution in [2.45, 2.75) is 84.5 Å². The number of pyridine rings is 1. The summed E-state index contributed by atoms with van der Waals surface area (Å²) in [5.74, 6) is 1.76. The second-order valence-corrected chi connectivity index (χ2v) is 17.9. The van der Waals surface area contributed by atoms with Crippen LogP contribution in [-0.2, 0) is 24.6 Å². The van der Waals surface area contributed by atoms with Crippen molar-refractivity contribution in [3.05, 3.63) is 101 Å². The van der Waals surface area contributed by atoms with Crippen molar-refractivity contribution in [2.75, 3.05) is 42.4 Å². The number of aromatic nitrogens is 3. The van der Waals surface area contributed by atoms with Gasteiger partial charge >= 0.3 is 7.82 Å². The number of nitrogens with one attached hydrogen (secondary N) is 2. The number of amides is 1. The Morgan fingerprint density at radius 1 is 0.897 bits per heavy atom. The van der Waals surface area contributed by atoms with E-state index in [1.165, 1.54) is 11.9 Å². The number of aryl methyl sites for hydroxylation is 1.